The highest BCUT2D eigenvalue weighted by Crippen LogP contribution is 2.22. The van der Waals surface area contributed by atoms with Crippen molar-refractivity contribution >= 4 is 5.69 Å². The molecule has 0 spiro atoms. The van der Waals surface area contributed by atoms with Crippen molar-refractivity contribution in [2.24, 2.45) is 0 Å². The van der Waals surface area contributed by atoms with Crippen molar-refractivity contribution in [3.05, 3.63) is 29.3 Å². The van der Waals surface area contributed by atoms with Gasteiger partial charge in [0.1, 0.15) is 0 Å². The third-order valence-corrected chi connectivity index (χ3v) is 3.43. The number of unbranched alkanes of at least 4 members (excludes halogenated alkanes) is 1. The molecule has 0 aromatic heterocycles. The van der Waals surface area contributed by atoms with Gasteiger partial charge in [-0.15, -0.1) is 0 Å². The summed E-state index contributed by atoms with van der Waals surface area (Å²) in [5.41, 5.74) is 3.86. The zero-order valence-electron chi connectivity index (χ0n) is 13.4. The van der Waals surface area contributed by atoms with Gasteiger partial charge in [-0.1, -0.05) is 44.9 Å². The van der Waals surface area contributed by atoms with Gasteiger partial charge in [0.25, 0.3) is 0 Å². The Labute approximate surface area is 124 Å². The molecule has 3 nitrogen and oxygen atoms in total. The smallest absolute Gasteiger partial charge is 0.0606 e. The Hall–Kier alpha value is -1.06. The van der Waals surface area contributed by atoms with Crippen molar-refractivity contribution in [3.8, 4) is 0 Å². The molecule has 0 heterocycles. The molecule has 1 aromatic carbocycles. The Morgan fingerprint density at radius 1 is 1.25 bits per heavy atom. The molecule has 0 fully saturated rings. The third kappa shape index (κ3) is 5.51. The Kier molecular flexibility index (Phi) is 7.63. The number of hydrogen-bond acceptors (Lipinski definition) is 3. The second-order valence-corrected chi connectivity index (χ2v) is 5.73. The van der Waals surface area contributed by atoms with E-state index in [-0.39, 0.29) is 6.61 Å². The van der Waals surface area contributed by atoms with E-state index in [9.17, 15) is 5.11 Å². The first-order valence-corrected chi connectivity index (χ1v) is 7.77. The molecule has 0 radical (unpaired) electrons. The molecule has 0 aliphatic heterocycles. The molecule has 2 N–H and O–H groups in total. The Bertz CT molecular complexity index is 391. The van der Waals surface area contributed by atoms with Crippen LogP contribution in [0.25, 0.3) is 0 Å². The fourth-order valence-electron chi connectivity index (χ4n) is 2.30. The molecule has 0 aliphatic carbocycles. The van der Waals surface area contributed by atoms with E-state index in [1.54, 1.807) is 0 Å². The van der Waals surface area contributed by atoms with Crippen LogP contribution in [0.5, 0.6) is 0 Å². The van der Waals surface area contributed by atoms with Gasteiger partial charge in [-0.25, -0.2) is 0 Å². The molecule has 0 unspecified atom stereocenters. The van der Waals surface area contributed by atoms with Crippen molar-refractivity contribution in [1.29, 1.82) is 0 Å². The predicted octanol–water partition coefficient (Wildman–Crippen LogP) is 3.09. The highest BCUT2D eigenvalue weighted by atomic mass is 16.3. The van der Waals surface area contributed by atoms with Crippen LogP contribution in [0.15, 0.2) is 18.2 Å². The summed E-state index contributed by atoms with van der Waals surface area (Å²) < 4.78 is 0. The van der Waals surface area contributed by atoms with Gasteiger partial charge in [0, 0.05) is 31.4 Å². The minimum absolute atomic E-state index is 0.203. The average molecular weight is 278 g/mol. The second kappa shape index (κ2) is 8.98. The van der Waals surface area contributed by atoms with Gasteiger partial charge >= 0.3 is 0 Å². The molecule has 0 saturated heterocycles. The standard InChI is InChI=1S/C17H30N2O/c1-5-6-9-19(10-11-20)17-8-7-15(4)12-16(17)13-18-14(2)3/h7-8,12,14,18,20H,5-6,9-11,13H2,1-4H3. The molecule has 0 saturated carbocycles. The van der Waals surface area contributed by atoms with E-state index in [1.165, 1.54) is 23.2 Å². The van der Waals surface area contributed by atoms with Crippen LogP contribution >= 0.6 is 0 Å². The Balaban J connectivity index is 2.92. The number of rotatable bonds is 9. The lowest BCUT2D eigenvalue weighted by molar-refractivity contribution is 0.301. The fourth-order valence-corrected chi connectivity index (χ4v) is 2.30. The number of hydrogen-bond donors (Lipinski definition) is 2. The molecule has 20 heavy (non-hydrogen) atoms. The summed E-state index contributed by atoms with van der Waals surface area (Å²) in [6, 6.07) is 7.08. The number of anilines is 1. The van der Waals surface area contributed by atoms with Crippen LogP contribution in [-0.4, -0.2) is 30.8 Å². The van der Waals surface area contributed by atoms with E-state index in [0.29, 0.717) is 12.6 Å². The van der Waals surface area contributed by atoms with Crippen LogP contribution in [-0.2, 0) is 6.54 Å². The minimum atomic E-state index is 0.203. The molecule has 114 valence electrons. The van der Waals surface area contributed by atoms with Gasteiger partial charge in [-0.3, -0.25) is 0 Å². The van der Waals surface area contributed by atoms with Crippen LogP contribution in [0, 0.1) is 6.92 Å². The summed E-state index contributed by atoms with van der Waals surface area (Å²) in [7, 11) is 0. The summed E-state index contributed by atoms with van der Waals surface area (Å²) in [5.74, 6) is 0. The van der Waals surface area contributed by atoms with E-state index in [2.05, 4.69) is 56.1 Å². The van der Waals surface area contributed by atoms with E-state index in [4.69, 9.17) is 0 Å². The molecule has 1 aromatic rings. The zero-order valence-corrected chi connectivity index (χ0v) is 13.4. The van der Waals surface area contributed by atoms with Crippen LogP contribution in [0.2, 0.25) is 0 Å². The van der Waals surface area contributed by atoms with E-state index < -0.39 is 0 Å². The topological polar surface area (TPSA) is 35.5 Å². The Morgan fingerprint density at radius 2 is 2.00 bits per heavy atom. The highest BCUT2D eigenvalue weighted by molar-refractivity contribution is 5.55. The molecule has 0 aliphatic rings. The van der Waals surface area contributed by atoms with Gasteiger partial charge in [0.2, 0.25) is 0 Å². The van der Waals surface area contributed by atoms with Crippen molar-refractivity contribution < 1.29 is 5.11 Å². The van der Waals surface area contributed by atoms with E-state index >= 15 is 0 Å². The summed E-state index contributed by atoms with van der Waals surface area (Å²) >= 11 is 0. The number of aliphatic hydroxyl groups is 1. The molecular weight excluding hydrogens is 248 g/mol. The highest BCUT2D eigenvalue weighted by Gasteiger charge is 2.11. The summed E-state index contributed by atoms with van der Waals surface area (Å²) in [5, 5.41) is 12.8. The van der Waals surface area contributed by atoms with E-state index in [1.807, 2.05) is 0 Å². The summed E-state index contributed by atoms with van der Waals surface area (Å²) in [6.07, 6.45) is 2.33. The maximum absolute atomic E-state index is 9.30. The summed E-state index contributed by atoms with van der Waals surface area (Å²) in [6.45, 7) is 11.5. The Morgan fingerprint density at radius 3 is 2.60 bits per heavy atom. The molecule has 0 bridgehead atoms. The van der Waals surface area contributed by atoms with Crippen LogP contribution < -0.4 is 10.2 Å². The molecular formula is C17H30N2O. The lowest BCUT2D eigenvalue weighted by Crippen LogP contribution is -2.30. The number of aliphatic hydroxyl groups excluding tert-OH is 1. The van der Waals surface area contributed by atoms with Gasteiger partial charge in [-0.05, 0) is 25.0 Å². The minimum Gasteiger partial charge on any atom is -0.395 e. The lowest BCUT2D eigenvalue weighted by atomic mass is 10.1. The first-order valence-electron chi connectivity index (χ1n) is 7.77. The van der Waals surface area contributed by atoms with E-state index in [0.717, 1.165) is 19.5 Å². The number of nitrogens with zero attached hydrogens (tertiary/aromatic N) is 1. The first kappa shape index (κ1) is 17.0. The van der Waals surface area contributed by atoms with Gasteiger partial charge < -0.3 is 15.3 Å². The van der Waals surface area contributed by atoms with Crippen LogP contribution in [0.3, 0.4) is 0 Å². The number of nitrogens with one attached hydrogen (secondary N) is 1. The molecule has 0 atom stereocenters. The maximum Gasteiger partial charge on any atom is 0.0606 e. The zero-order chi connectivity index (χ0) is 15.0. The second-order valence-electron chi connectivity index (χ2n) is 5.73. The average Bonchev–Trinajstić information content (AvgIpc) is 2.41. The van der Waals surface area contributed by atoms with Gasteiger partial charge in [0.15, 0.2) is 0 Å². The first-order chi connectivity index (χ1) is 9.58. The van der Waals surface area contributed by atoms with Gasteiger partial charge in [-0.2, -0.15) is 0 Å². The monoisotopic (exact) mass is 278 g/mol. The van der Waals surface area contributed by atoms with Crippen molar-refractivity contribution in [3.63, 3.8) is 0 Å². The maximum atomic E-state index is 9.30. The van der Waals surface area contributed by atoms with Crippen molar-refractivity contribution in [2.45, 2.75) is 53.1 Å². The fraction of sp³-hybridized carbons (Fsp3) is 0.647. The van der Waals surface area contributed by atoms with Crippen molar-refractivity contribution in [1.82, 2.24) is 5.32 Å². The van der Waals surface area contributed by atoms with Crippen molar-refractivity contribution in [2.75, 3.05) is 24.6 Å². The lowest BCUT2D eigenvalue weighted by Gasteiger charge is -2.27. The number of aryl methyl sites for hydroxylation is 1. The normalized spacial score (nSPS) is 11.1. The quantitative estimate of drug-likeness (QED) is 0.728. The molecule has 0 amide bonds. The largest absolute Gasteiger partial charge is 0.395 e. The third-order valence-electron chi connectivity index (χ3n) is 3.43. The molecule has 3 heteroatoms. The SMILES string of the molecule is CCCCN(CCO)c1ccc(C)cc1CNC(C)C. The molecule has 1 rings (SSSR count). The van der Waals surface area contributed by atoms with Crippen LogP contribution in [0.4, 0.5) is 5.69 Å². The van der Waals surface area contributed by atoms with Crippen LogP contribution in [0.1, 0.15) is 44.7 Å². The predicted molar refractivity (Wildman–Crippen MR) is 87.4 cm³/mol. The number of benzene rings is 1. The summed E-state index contributed by atoms with van der Waals surface area (Å²) in [4.78, 5) is 2.31. The van der Waals surface area contributed by atoms with Gasteiger partial charge in [0.05, 0.1) is 6.61 Å².